The first-order valence-electron chi connectivity index (χ1n) is 6.70. The zero-order chi connectivity index (χ0) is 14.1. The lowest BCUT2D eigenvalue weighted by molar-refractivity contribution is 0.415. The molecule has 1 heterocycles. The second-order valence-corrected chi connectivity index (χ2v) is 5.06. The molecular weight excluding hydrogens is 246 g/mol. The van der Waals surface area contributed by atoms with E-state index in [0.717, 1.165) is 22.5 Å². The molecule has 0 fully saturated rings. The van der Waals surface area contributed by atoms with Crippen LogP contribution in [0.2, 0.25) is 0 Å². The van der Waals surface area contributed by atoms with Crippen molar-refractivity contribution in [2.45, 2.75) is 13.8 Å². The second-order valence-electron chi connectivity index (χ2n) is 5.06. The SMILES string of the molecule is COc1cccc(-c2ccc3cc(C)c(C)cc3n2)c1. The highest BCUT2D eigenvalue weighted by Crippen LogP contribution is 2.25. The first-order valence-corrected chi connectivity index (χ1v) is 6.70. The zero-order valence-corrected chi connectivity index (χ0v) is 12.0. The van der Waals surface area contributed by atoms with Crippen molar-refractivity contribution in [2.24, 2.45) is 0 Å². The molecule has 0 bridgehead atoms. The summed E-state index contributed by atoms with van der Waals surface area (Å²) in [6.07, 6.45) is 0. The molecule has 2 heteroatoms. The number of pyridine rings is 1. The molecule has 3 rings (SSSR count). The first kappa shape index (κ1) is 12.7. The Morgan fingerprint density at radius 2 is 1.70 bits per heavy atom. The first-order chi connectivity index (χ1) is 9.67. The van der Waals surface area contributed by atoms with Crippen molar-refractivity contribution < 1.29 is 4.74 Å². The summed E-state index contributed by atoms with van der Waals surface area (Å²) in [7, 11) is 1.68. The van der Waals surface area contributed by atoms with Gasteiger partial charge in [-0.1, -0.05) is 18.2 Å². The van der Waals surface area contributed by atoms with Crippen LogP contribution in [-0.4, -0.2) is 12.1 Å². The summed E-state index contributed by atoms with van der Waals surface area (Å²) >= 11 is 0. The Balaban J connectivity index is 2.14. The van der Waals surface area contributed by atoms with Gasteiger partial charge in [0, 0.05) is 10.9 Å². The fourth-order valence-corrected chi connectivity index (χ4v) is 2.33. The van der Waals surface area contributed by atoms with Crippen LogP contribution in [0.4, 0.5) is 0 Å². The number of hydrogen-bond acceptors (Lipinski definition) is 2. The van der Waals surface area contributed by atoms with Gasteiger partial charge in [-0.2, -0.15) is 0 Å². The third-order valence-electron chi connectivity index (χ3n) is 3.67. The summed E-state index contributed by atoms with van der Waals surface area (Å²) in [5.74, 6) is 0.851. The number of ether oxygens (including phenoxy) is 1. The molecule has 0 amide bonds. The lowest BCUT2D eigenvalue weighted by Gasteiger charge is -2.07. The van der Waals surface area contributed by atoms with Gasteiger partial charge in [0.2, 0.25) is 0 Å². The van der Waals surface area contributed by atoms with Gasteiger partial charge in [-0.3, -0.25) is 0 Å². The summed E-state index contributed by atoms with van der Waals surface area (Å²) in [5.41, 5.74) is 5.65. The molecule has 2 aromatic carbocycles. The van der Waals surface area contributed by atoms with Gasteiger partial charge >= 0.3 is 0 Å². The van der Waals surface area contributed by atoms with E-state index < -0.39 is 0 Å². The van der Waals surface area contributed by atoms with E-state index in [1.165, 1.54) is 16.5 Å². The number of aryl methyl sites for hydroxylation is 2. The van der Waals surface area contributed by atoms with Crippen LogP contribution in [0.25, 0.3) is 22.2 Å². The van der Waals surface area contributed by atoms with Crippen LogP contribution in [0.15, 0.2) is 48.5 Å². The highest BCUT2D eigenvalue weighted by atomic mass is 16.5. The van der Waals surface area contributed by atoms with Crippen molar-refractivity contribution in [3.63, 3.8) is 0 Å². The fraction of sp³-hybridized carbons (Fsp3) is 0.167. The molecule has 0 aliphatic heterocycles. The van der Waals surface area contributed by atoms with Crippen molar-refractivity contribution in [1.29, 1.82) is 0 Å². The van der Waals surface area contributed by atoms with Crippen LogP contribution in [0.5, 0.6) is 5.75 Å². The average Bonchev–Trinajstić information content (AvgIpc) is 2.48. The molecular formula is C18H17NO. The summed E-state index contributed by atoms with van der Waals surface area (Å²) in [5, 5.41) is 1.18. The Morgan fingerprint density at radius 3 is 2.50 bits per heavy atom. The lowest BCUT2D eigenvalue weighted by atomic mass is 10.0. The van der Waals surface area contributed by atoms with Crippen LogP contribution in [0.3, 0.4) is 0 Å². The smallest absolute Gasteiger partial charge is 0.119 e. The minimum atomic E-state index is 0.851. The molecule has 3 aromatic rings. The van der Waals surface area contributed by atoms with Crippen LogP contribution >= 0.6 is 0 Å². The van der Waals surface area contributed by atoms with E-state index in [9.17, 15) is 0 Å². The van der Waals surface area contributed by atoms with E-state index in [1.54, 1.807) is 7.11 Å². The minimum absolute atomic E-state index is 0.851. The molecule has 100 valence electrons. The minimum Gasteiger partial charge on any atom is -0.497 e. The number of aromatic nitrogens is 1. The molecule has 20 heavy (non-hydrogen) atoms. The number of fused-ring (bicyclic) bond motifs is 1. The van der Waals surface area contributed by atoms with Crippen LogP contribution in [0.1, 0.15) is 11.1 Å². The maximum Gasteiger partial charge on any atom is 0.119 e. The van der Waals surface area contributed by atoms with E-state index in [-0.39, 0.29) is 0 Å². The Labute approximate surface area is 119 Å². The number of rotatable bonds is 2. The topological polar surface area (TPSA) is 22.1 Å². The van der Waals surface area contributed by atoms with E-state index in [0.29, 0.717) is 0 Å². The quantitative estimate of drug-likeness (QED) is 0.677. The highest BCUT2D eigenvalue weighted by molar-refractivity contribution is 5.83. The molecule has 0 radical (unpaired) electrons. The molecule has 2 nitrogen and oxygen atoms in total. The van der Waals surface area contributed by atoms with Crippen LogP contribution in [0, 0.1) is 13.8 Å². The van der Waals surface area contributed by atoms with Crippen LogP contribution in [-0.2, 0) is 0 Å². The van der Waals surface area contributed by atoms with Crippen molar-refractivity contribution in [3.8, 4) is 17.0 Å². The standard InChI is InChI=1S/C18H17NO/c1-12-9-15-7-8-17(19-18(15)10-13(12)2)14-5-4-6-16(11-14)20-3/h4-11H,1-3H3. The summed E-state index contributed by atoms with van der Waals surface area (Å²) in [4.78, 5) is 4.77. The largest absolute Gasteiger partial charge is 0.497 e. The van der Waals surface area contributed by atoms with Gasteiger partial charge in [0.05, 0.1) is 18.3 Å². The predicted octanol–water partition coefficient (Wildman–Crippen LogP) is 4.53. The molecule has 0 saturated heterocycles. The number of methoxy groups -OCH3 is 1. The normalized spacial score (nSPS) is 10.8. The molecule has 0 aliphatic carbocycles. The van der Waals surface area contributed by atoms with Crippen molar-refractivity contribution in [3.05, 3.63) is 59.7 Å². The van der Waals surface area contributed by atoms with E-state index in [4.69, 9.17) is 9.72 Å². The van der Waals surface area contributed by atoms with Gasteiger partial charge in [0.15, 0.2) is 0 Å². The molecule has 1 aromatic heterocycles. The molecule has 0 spiro atoms. The number of benzene rings is 2. The molecule has 0 saturated carbocycles. The van der Waals surface area contributed by atoms with Crippen molar-refractivity contribution >= 4 is 10.9 Å². The Hall–Kier alpha value is -2.35. The van der Waals surface area contributed by atoms with Gasteiger partial charge in [0.1, 0.15) is 5.75 Å². The van der Waals surface area contributed by atoms with Gasteiger partial charge in [0.25, 0.3) is 0 Å². The fourth-order valence-electron chi connectivity index (χ4n) is 2.33. The monoisotopic (exact) mass is 263 g/mol. The van der Waals surface area contributed by atoms with Crippen molar-refractivity contribution in [1.82, 2.24) is 4.98 Å². The maximum absolute atomic E-state index is 5.27. The second kappa shape index (κ2) is 4.97. The number of nitrogens with zero attached hydrogens (tertiary/aromatic N) is 1. The van der Waals surface area contributed by atoms with Crippen LogP contribution < -0.4 is 4.74 Å². The zero-order valence-electron chi connectivity index (χ0n) is 12.0. The lowest BCUT2D eigenvalue weighted by Crippen LogP contribution is -1.89. The van der Waals surface area contributed by atoms with Gasteiger partial charge in [-0.25, -0.2) is 4.98 Å². The summed E-state index contributed by atoms with van der Waals surface area (Å²) < 4.78 is 5.27. The molecule has 0 N–H and O–H groups in total. The predicted molar refractivity (Wildman–Crippen MR) is 83.2 cm³/mol. The number of hydrogen-bond donors (Lipinski definition) is 0. The van der Waals surface area contributed by atoms with E-state index >= 15 is 0 Å². The van der Waals surface area contributed by atoms with Gasteiger partial charge < -0.3 is 4.74 Å². The summed E-state index contributed by atoms with van der Waals surface area (Å²) in [6.45, 7) is 4.25. The molecule has 0 atom stereocenters. The van der Waals surface area contributed by atoms with Crippen molar-refractivity contribution in [2.75, 3.05) is 7.11 Å². The maximum atomic E-state index is 5.27. The molecule has 0 aliphatic rings. The Kier molecular flexibility index (Phi) is 3.15. The average molecular weight is 263 g/mol. The van der Waals surface area contributed by atoms with Gasteiger partial charge in [-0.15, -0.1) is 0 Å². The third-order valence-corrected chi connectivity index (χ3v) is 3.67. The third kappa shape index (κ3) is 2.25. The Morgan fingerprint density at radius 1 is 0.900 bits per heavy atom. The molecule has 0 unspecified atom stereocenters. The highest BCUT2D eigenvalue weighted by Gasteiger charge is 2.04. The van der Waals surface area contributed by atoms with E-state index in [1.807, 2.05) is 18.2 Å². The van der Waals surface area contributed by atoms with Gasteiger partial charge in [-0.05, 0) is 55.3 Å². The Bertz CT molecular complexity index is 777. The van der Waals surface area contributed by atoms with E-state index in [2.05, 4.69) is 44.2 Å². The summed E-state index contributed by atoms with van der Waals surface area (Å²) in [6, 6.07) is 16.5.